The minimum atomic E-state index is -0.604. The summed E-state index contributed by atoms with van der Waals surface area (Å²) < 4.78 is 5.34. The fourth-order valence-corrected chi connectivity index (χ4v) is 2.78. The van der Waals surface area contributed by atoms with Gasteiger partial charge < -0.3 is 4.74 Å². The average molecular weight is 413 g/mol. The number of nitrogens with one attached hydrogen (secondary N) is 1. The molecular weight excluding hydrogens is 399 g/mol. The van der Waals surface area contributed by atoms with E-state index in [0.29, 0.717) is 21.9 Å². The lowest BCUT2D eigenvalue weighted by Crippen LogP contribution is -2.17. The lowest BCUT2D eigenvalue weighted by Gasteiger charge is -2.06. The van der Waals surface area contributed by atoms with Gasteiger partial charge in [0.25, 0.3) is 5.91 Å². The summed E-state index contributed by atoms with van der Waals surface area (Å²) in [5, 5.41) is 4.55. The monoisotopic (exact) mass is 412 g/mol. The number of rotatable bonds is 5. The minimum absolute atomic E-state index is 0.207. The predicted molar refractivity (Wildman–Crippen MR) is 109 cm³/mol. The first kappa shape index (κ1) is 19.6. The van der Waals surface area contributed by atoms with E-state index in [1.807, 2.05) is 6.07 Å². The molecule has 0 atom stereocenters. The van der Waals surface area contributed by atoms with Crippen molar-refractivity contribution in [2.75, 3.05) is 0 Å². The highest BCUT2D eigenvalue weighted by Crippen LogP contribution is 2.23. The molecule has 140 valence electrons. The molecule has 0 bridgehead atoms. The van der Waals surface area contributed by atoms with E-state index in [9.17, 15) is 9.59 Å². The summed E-state index contributed by atoms with van der Waals surface area (Å²) in [5.74, 6) is -0.612. The van der Waals surface area contributed by atoms with Crippen molar-refractivity contribution < 1.29 is 14.3 Å². The van der Waals surface area contributed by atoms with E-state index >= 15 is 0 Å². The largest absolute Gasteiger partial charge is 0.423 e. The Labute approximate surface area is 171 Å². The number of nitrogens with zero attached hydrogens (tertiary/aromatic N) is 1. The smallest absolute Gasteiger partial charge is 0.345 e. The number of ether oxygens (including phenoxy) is 1. The van der Waals surface area contributed by atoms with Gasteiger partial charge in [0.05, 0.1) is 16.8 Å². The van der Waals surface area contributed by atoms with Crippen LogP contribution >= 0.6 is 23.2 Å². The quantitative estimate of drug-likeness (QED) is 0.278. The van der Waals surface area contributed by atoms with Crippen LogP contribution in [0.25, 0.3) is 0 Å². The summed E-state index contributed by atoms with van der Waals surface area (Å²) in [6, 6.07) is 20.0. The molecule has 1 N–H and O–H groups in total. The van der Waals surface area contributed by atoms with Gasteiger partial charge in [-0.2, -0.15) is 5.10 Å². The summed E-state index contributed by atoms with van der Waals surface area (Å²) in [7, 11) is 0. The van der Waals surface area contributed by atoms with Crippen molar-refractivity contribution in [3.63, 3.8) is 0 Å². The maximum absolute atomic E-state index is 12.3. The molecule has 0 aliphatic rings. The molecule has 3 rings (SSSR count). The van der Waals surface area contributed by atoms with Gasteiger partial charge in [0.1, 0.15) is 5.75 Å². The van der Waals surface area contributed by atoms with E-state index in [0.717, 1.165) is 0 Å². The molecule has 0 radical (unpaired) electrons. The van der Waals surface area contributed by atoms with Crippen LogP contribution in [0.1, 0.15) is 26.3 Å². The van der Waals surface area contributed by atoms with Gasteiger partial charge in [0, 0.05) is 10.6 Å². The Morgan fingerprint density at radius 2 is 1.71 bits per heavy atom. The second-order valence-electron chi connectivity index (χ2n) is 5.65. The summed E-state index contributed by atoms with van der Waals surface area (Å²) in [6.07, 6.45) is 1.45. The highest BCUT2D eigenvalue weighted by molar-refractivity contribution is 6.36. The summed E-state index contributed by atoms with van der Waals surface area (Å²) in [6.45, 7) is 0. The number of benzene rings is 3. The van der Waals surface area contributed by atoms with Crippen LogP contribution in [0.2, 0.25) is 10.0 Å². The number of esters is 1. The molecule has 1 amide bonds. The number of hydrogen-bond donors (Lipinski definition) is 1. The summed E-state index contributed by atoms with van der Waals surface area (Å²) in [5.41, 5.74) is 3.79. The predicted octanol–water partition coefficient (Wildman–Crippen LogP) is 4.98. The minimum Gasteiger partial charge on any atom is -0.423 e. The first-order valence-electron chi connectivity index (χ1n) is 8.19. The third-order valence-corrected chi connectivity index (χ3v) is 4.18. The van der Waals surface area contributed by atoms with Gasteiger partial charge in [-0.3, -0.25) is 4.79 Å². The highest BCUT2D eigenvalue weighted by atomic mass is 35.5. The van der Waals surface area contributed by atoms with Crippen molar-refractivity contribution in [2.45, 2.75) is 0 Å². The normalized spacial score (nSPS) is 10.6. The molecule has 0 saturated heterocycles. The Morgan fingerprint density at radius 3 is 2.46 bits per heavy atom. The molecule has 0 aliphatic heterocycles. The second kappa shape index (κ2) is 9.17. The fraction of sp³-hybridized carbons (Fsp3) is 0. The highest BCUT2D eigenvalue weighted by Gasteiger charge is 2.13. The van der Waals surface area contributed by atoms with Crippen LogP contribution < -0.4 is 10.2 Å². The second-order valence-corrected chi connectivity index (χ2v) is 6.49. The molecule has 0 aliphatic carbocycles. The third kappa shape index (κ3) is 5.19. The van der Waals surface area contributed by atoms with Crippen LogP contribution in [0.15, 0.2) is 77.9 Å². The number of hydrazone groups is 1. The van der Waals surface area contributed by atoms with E-state index in [-0.39, 0.29) is 16.5 Å². The number of hydrogen-bond acceptors (Lipinski definition) is 4. The number of halogens is 2. The number of carbonyl (C=O) groups excluding carboxylic acids is 2. The van der Waals surface area contributed by atoms with Crippen molar-refractivity contribution in [1.29, 1.82) is 0 Å². The standard InChI is InChI=1S/C21H14Cl2N2O3/c22-16-9-10-18(19(23)12-16)21(27)28-17-8-4-5-14(11-17)13-24-25-20(26)15-6-2-1-3-7-15/h1-13H,(H,25,26)/b24-13-. The number of amides is 1. The maximum Gasteiger partial charge on any atom is 0.345 e. The van der Waals surface area contributed by atoms with Gasteiger partial charge in [-0.15, -0.1) is 0 Å². The van der Waals surface area contributed by atoms with Gasteiger partial charge in [-0.1, -0.05) is 53.5 Å². The fourth-order valence-electron chi connectivity index (χ4n) is 2.29. The molecule has 5 nitrogen and oxygen atoms in total. The first-order chi connectivity index (χ1) is 13.5. The van der Waals surface area contributed by atoms with Gasteiger partial charge in [0.2, 0.25) is 0 Å². The van der Waals surface area contributed by atoms with Crippen molar-refractivity contribution in [3.05, 3.63) is 99.5 Å². The summed E-state index contributed by atoms with van der Waals surface area (Å²) in [4.78, 5) is 24.2. The number of carbonyl (C=O) groups is 2. The Bertz CT molecular complexity index is 1040. The maximum atomic E-state index is 12.3. The third-order valence-electron chi connectivity index (χ3n) is 3.64. The molecule has 28 heavy (non-hydrogen) atoms. The average Bonchev–Trinajstić information content (AvgIpc) is 2.68. The Morgan fingerprint density at radius 1 is 0.929 bits per heavy atom. The van der Waals surface area contributed by atoms with Crippen molar-refractivity contribution in [1.82, 2.24) is 5.43 Å². The molecule has 0 saturated carbocycles. The van der Waals surface area contributed by atoms with E-state index in [2.05, 4.69) is 10.5 Å². The van der Waals surface area contributed by atoms with Crippen molar-refractivity contribution in [2.24, 2.45) is 5.10 Å². The Balaban J connectivity index is 1.65. The molecule has 0 fully saturated rings. The lowest BCUT2D eigenvalue weighted by molar-refractivity contribution is 0.0734. The molecule has 0 spiro atoms. The molecule has 0 heterocycles. The topological polar surface area (TPSA) is 67.8 Å². The van der Waals surface area contributed by atoms with Crippen LogP contribution in [0, 0.1) is 0 Å². The SMILES string of the molecule is O=C(N/N=C\c1cccc(OC(=O)c2ccc(Cl)cc2Cl)c1)c1ccccc1. The van der Waals surface area contributed by atoms with E-state index in [4.69, 9.17) is 27.9 Å². The zero-order valence-corrected chi connectivity index (χ0v) is 15.9. The van der Waals surface area contributed by atoms with Crippen LogP contribution in [0.3, 0.4) is 0 Å². The zero-order valence-electron chi connectivity index (χ0n) is 14.4. The van der Waals surface area contributed by atoms with E-state index in [1.54, 1.807) is 54.6 Å². The lowest BCUT2D eigenvalue weighted by atomic mass is 10.2. The van der Waals surface area contributed by atoms with Crippen molar-refractivity contribution in [3.8, 4) is 5.75 Å². The van der Waals surface area contributed by atoms with Gasteiger partial charge in [0.15, 0.2) is 0 Å². The first-order valence-corrected chi connectivity index (χ1v) is 8.94. The van der Waals surface area contributed by atoms with E-state index < -0.39 is 5.97 Å². The van der Waals surface area contributed by atoms with Crippen LogP contribution in [-0.4, -0.2) is 18.1 Å². The molecule has 3 aromatic carbocycles. The molecular formula is C21H14Cl2N2O3. The van der Waals surface area contributed by atoms with Crippen LogP contribution in [0.4, 0.5) is 0 Å². The van der Waals surface area contributed by atoms with E-state index in [1.165, 1.54) is 18.3 Å². The molecule has 0 unspecified atom stereocenters. The molecule has 0 aromatic heterocycles. The Kier molecular flexibility index (Phi) is 6.42. The molecule has 7 heteroatoms. The molecule has 3 aromatic rings. The summed E-state index contributed by atoms with van der Waals surface area (Å²) >= 11 is 11.9. The van der Waals surface area contributed by atoms with Crippen molar-refractivity contribution >= 4 is 41.3 Å². The zero-order chi connectivity index (χ0) is 19.9. The van der Waals surface area contributed by atoms with Gasteiger partial charge >= 0.3 is 5.97 Å². The van der Waals surface area contributed by atoms with Crippen LogP contribution in [0.5, 0.6) is 5.75 Å². The van der Waals surface area contributed by atoms with Crippen LogP contribution in [-0.2, 0) is 0 Å². The van der Waals surface area contributed by atoms with Gasteiger partial charge in [-0.05, 0) is 48.0 Å². The van der Waals surface area contributed by atoms with Gasteiger partial charge in [-0.25, -0.2) is 10.2 Å². The Hall–Kier alpha value is -3.15.